The summed E-state index contributed by atoms with van der Waals surface area (Å²) in [6.45, 7) is 1.10. The standard InChI is InChI=1S/C9H9NO4/c1-5(11)14-9(13)7-3-2-6(10)4-8(7)12/h2-4,12H,10H2,1H3. The maximum atomic E-state index is 11.1. The van der Waals surface area contributed by atoms with Crippen LogP contribution in [0.25, 0.3) is 0 Å². The molecule has 5 nitrogen and oxygen atoms in total. The molecule has 74 valence electrons. The third-order valence-electron chi connectivity index (χ3n) is 1.48. The number of phenolic OH excluding ortho intramolecular Hbond substituents is 1. The predicted octanol–water partition coefficient (Wildman–Crippen LogP) is 0.678. The number of hydrogen-bond acceptors (Lipinski definition) is 5. The Bertz CT molecular complexity index is 386. The summed E-state index contributed by atoms with van der Waals surface area (Å²) in [5, 5.41) is 9.28. The third kappa shape index (κ3) is 2.22. The van der Waals surface area contributed by atoms with Gasteiger partial charge in [0.15, 0.2) is 0 Å². The Balaban J connectivity index is 2.96. The van der Waals surface area contributed by atoms with Crippen LogP contribution in [-0.4, -0.2) is 17.0 Å². The quantitative estimate of drug-likeness (QED) is 0.390. The van der Waals surface area contributed by atoms with E-state index in [0.29, 0.717) is 5.69 Å². The van der Waals surface area contributed by atoms with E-state index in [9.17, 15) is 14.7 Å². The number of phenols is 1. The van der Waals surface area contributed by atoms with E-state index in [1.165, 1.54) is 18.2 Å². The first-order valence-corrected chi connectivity index (χ1v) is 3.82. The summed E-state index contributed by atoms with van der Waals surface area (Å²) in [5.74, 6) is -1.93. The largest absolute Gasteiger partial charge is 0.507 e. The summed E-state index contributed by atoms with van der Waals surface area (Å²) in [6.07, 6.45) is 0. The monoisotopic (exact) mass is 195 g/mol. The topological polar surface area (TPSA) is 89.6 Å². The molecule has 1 aromatic carbocycles. The maximum absolute atomic E-state index is 11.1. The van der Waals surface area contributed by atoms with Gasteiger partial charge in [-0.2, -0.15) is 0 Å². The molecule has 1 rings (SSSR count). The predicted molar refractivity (Wildman–Crippen MR) is 48.6 cm³/mol. The van der Waals surface area contributed by atoms with Crippen molar-refractivity contribution < 1.29 is 19.4 Å². The summed E-state index contributed by atoms with van der Waals surface area (Å²) < 4.78 is 4.28. The van der Waals surface area contributed by atoms with Crippen LogP contribution < -0.4 is 5.73 Å². The lowest BCUT2D eigenvalue weighted by Gasteiger charge is -2.03. The fourth-order valence-corrected chi connectivity index (χ4v) is 0.907. The van der Waals surface area contributed by atoms with Crippen molar-refractivity contribution in [1.82, 2.24) is 0 Å². The Morgan fingerprint density at radius 1 is 1.43 bits per heavy atom. The van der Waals surface area contributed by atoms with Gasteiger partial charge in [0, 0.05) is 18.7 Å². The van der Waals surface area contributed by atoms with Crippen LogP contribution in [0.2, 0.25) is 0 Å². The fourth-order valence-electron chi connectivity index (χ4n) is 0.907. The van der Waals surface area contributed by atoms with Crippen LogP contribution in [0.1, 0.15) is 17.3 Å². The maximum Gasteiger partial charge on any atom is 0.349 e. The number of hydrogen-bond donors (Lipinski definition) is 2. The fraction of sp³-hybridized carbons (Fsp3) is 0.111. The number of anilines is 1. The number of nitrogen functional groups attached to an aromatic ring is 1. The zero-order valence-corrected chi connectivity index (χ0v) is 7.48. The second-order valence-corrected chi connectivity index (χ2v) is 2.66. The van der Waals surface area contributed by atoms with Crippen molar-refractivity contribution >= 4 is 17.6 Å². The molecule has 0 aliphatic carbocycles. The first-order chi connectivity index (χ1) is 6.50. The van der Waals surface area contributed by atoms with Crippen molar-refractivity contribution in [3.63, 3.8) is 0 Å². The molecule has 0 unspecified atom stereocenters. The number of rotatable bonds is 1. The van der Waals surface area contributed by atoms with Crippen LogP contribution in [0.4, 0.5) is 5.69 Å². The van der Waals surface area contributed by atoms with E-state index in [1.54, 1.807) is 0 Å². The number of nitrogens with two attached hydrogens (primary N) is 1. The van der Waals surface area contributed by atoms with Crippen molar-refractivity contribution in [3.8, 4) is 5.75 Å². The van der Waals surface area contributed by atoms with Gasteiger partial charge in [0.1, 0.15) is 11.3 Å². The highest BCUT2D eigenvalue weighted by atomic mass is 16.6. The van der Waals surface area contributed by atoms with Gasteiger partial charge in [0.2, 0.25) is 0 Å². The second kappa shape index (κ2) is 3.78. The number of aromatic hydroxyl groups is 1. The first-order valence-electron chi connectivity index (χ1n) is 3.82. The highest BCUT2D eigenvalue weighted by Gasteiger charge is 2.14. The average molecular weight is 195 g/mol. The molecule has 0 amide bonds. The Kier molecular flexibility index (Phi) is 2.71. The van der Waals surface area contributed by atoms with Crippen molar-refractivity contribution in [2.75, 3.05) is 5.73 Å². The number of esters is 2. The van der Waals surface area contributed by atoms with E-state index in [0.717, 1.165) is 6.92 Å². The lowest BCUT2D eigenvalue weighted by molar-refractivity contribution is -0.135. The smallest absolute Gasteiger partial charge is 0.349 e. The molecule has 14 heavy (non-hydrogen) atoms. The van der Waals surface area contributed by atoms with E-state index >= 15 is 0 Å². The van der Waals surface area contributed by atoms with Gasteiger partial charge in [-0.3, -0.25) is 4.79 Å². The summed E-state index contributed by atoms with van der Waals surface area (Å²) in [7, 11) is 0. The molecule has 0 heterocycles. The Labute approximate surface area is 80.1 Å². The molecular formula is C9H9NO4. The zero-order chi connectivity index (χ0) is 10.7. The van der Waals surface area contributed by atoms with Crippen molar-refractivity contribution in [2.24, 2.45) is 0 Å². The third-order valence-corrected chi connectivity index (χ3v) is 1.48. The highest BCUT2D eigenvalue weighted by molar-refractivity contribution is 5.98. The van der Waals surface area contributed by atoms with Crippen molar-refractivity contribution in [1.29, 1.82) is 0 Å². The minimum absolute atomic E-state index is 0.0885. The van der Waals surface area contributed by atoms with E-state index in [2.05, 4.69) is 4.74 Å². The van der Waals surface area contributed by atoms with E-state index in [1.807, 2.05) is 0 Å². The van der Waals surface area contributed by atoms with Crippen LogP contribution in [0, 0.1) is 0 Å². The molecule has 0 aliphatic rings. The Hall–Kier alpha value is -2.04. The summed E-state index contributed by atoms with van der Waals surface area (Å²) in [4.78, 5) is 21.6. The molecule has 0 radical (unpaired) electrons. The molecule has 0 spiro atoms. The molecule has 0 atom stereocenters. The lowest BCUT2D eigenvalue weighted by atomic mass is 10.2. The van der Waals surface area contributed by atoms with Crippen LogP contribution in [0.15, 0.2) is 18.2 Å². The summed E-state index contributed by atoms with van der Waals surface area (Å²) in [6, 6.07) is 3.92. The number of benzene rings is 1. The number of carbonyl (C=O) groups excluding carboxylic acids is 2. The SMILES string of the molecule is CC(=O)OC(=O)c1ccc(N)cc1O. The summed E-state index contributed by atoms with van der Waals surface area (Å²) in [5.41, 5.74) is 5.58. The van der Waals surface area contributed by atoms with Gasteiger partial charge < -0.3 is 15.6 Å². The van der Waals surface area contributed by atoms with Gasteiger partial charge in [0.05, 0.1) is 0 Å². The van der Waals surface area contributed by atoms with Crippen molar-refractivity contribution in [2.45, 2.75) is 6.92 Å². The first kappa shape index (κ1) is 10.0. The number of carbonyl (C=O) groups is 2. The van der Waals surface area contributed by atoms with E-state index < -0.39 is 11.9 Å². The Morgan fingerprint density at radius 2 is 2.07 bits per heavy atom. The molecule has 0 saturated heterocycles. The van der Waals surface area contributed by atoms with E-state index in [4.69, 9.17) is 5.73 Å². The van der Waals surface area contributed by atoms with Gasteiger partial charge in [0.25, 0.3) is 0 Å². The van der Waals surface area contributed by atoms with Crippen LogP contribution >= 0.6 is 0 Å². The number of ether oxygens (including phenoxy) is 1. The van der Waals surface area contributed by atoms with Crippen LogP contribution in [-0.2, 0) is 9.53 Å². The highest BCUT2D eigenvalue weighted by Crippen LogP contribution is 2.20. The minimum atomic E-state index is -0.894. The van der Waals surface area contributed by atoms with Gasteiger partial charge >= 0.3 is 11.9 Å². The normalized spacial score (nSPS) is 9.50. The molecule has 0 bridgehead atoms. The molecule has 3 N–H and O–H groups in total. The molecule has 0 aromatic heterocycles. The molecule has 0 saturated carbocycles. The molecule has 5 heteroatoms. The van der Waals surface area contributed by atoms with Crippen molar-refractivity contribution in [3.05, 3.63) is 23.8 Å². The van der Waals surface area contributed by atoms with E-state index in [-0.39, 0.29) is 11.3 Å². The van der Waals surface area contributed by atoms with Gasteiger partial charge in [-0.05, 0) is 12.1 Å². The Morgan fingerprint density at radius 3 is 2.57 bits per heavy atom. The molecular weight excluding hydrogens is 186 g/mol. The average Bonchev–Trinajstić information content (AvgIpc) is 2.01. The lowest BCUT2D eigenvalue weighted by Crippen LogP contribution is -2.09. The van der Waals surface area contributed by atoms with Gasteiger partial charge in [-0.25, -0.2) is 4.79 Å². The van der Waals surface area contributed by atoms with Crippen LogP contribution in [0.5, 0.6) is 5.75 Å². The molecule has 0 fully saturated rings. The summed E-state index contributed by atoms with van der Waals surface area (Å²) >= 11 is 0. The van der Waals surface area contributed by atoms with Gasteiger partial charge in [-0.15, -0.1) is 0 Å². The van der Waals surface area contributed by atoms with Crippen LogP contribution in [0.3, 0.4) is 0 Å². The molecule has 0 aliphatic heterocycles. The van der Waals surface area contributed by atoms with Gasteiger partial charge in [-0.1, -0.05) is 0 Å². The zero-order valence-electron chi connectivity index (χ0n) is 7.48. The minimum Gasteiger partial charge on any atom is -0.507 e. The second-order valence-electron chi connectivity index (χ2n) is 2.66. The molecule has 1 aromatic rings.